The fourth-order valence-electron chi connectivity index (χ4n) is 3.45. The maximum Gasteiger partial charge on any atom is 0.435 e. The molecule has 2 aromatic heterocycles. The molecule has 0 bridgehead atoms. The largest absolute Gasteiger partial charge is 0.435 e. The van der Waals surface area contributed by atoms with Crippen molar-refractivity contribution in [2.24, 2.45) is 5.73 Å². The molecule has 7 nitrogen and oxygen atoms in total. The molecule has 30 heavy (non-hydrogen) atoms. The number of hydrogen-bond donors (Lipinski definition) is 3. The molecule has 2 aromatic rings. The number of carbonyl (C=O) groups excluding carboxylic acids is 2. The lowest BCUT2D eigenvalue weighted by atomic mass is 9.95. The minimum atomic E-state index is -4.62. The predicted octanol–water partition coefficient (Wildman–Crippen LogP) is 3.08. The topological polar surface area (TPSA) is 102 Å². The quantitative estimate of drug-likeness (QED) is 0.612. The van der Waals surface area contributed by atoms with Gasteiger partial charge in [0.1, 0.15) is 11.5 Å². The molecule has 0 spiro atoms. The second-order valence-electron chi connectivity index (χ2n) is 7.56. The summed E-state index contributed by atoms with van der Waals surface area (Å²) in [5, 5.41) is 9.48. The highest BCUT2D eigenvalue weighted by Gasteiger charge is 2.37. The number of rotatable bonds is 7. The number of halogens is 3. The van der Waals surface area contributed by atoms with Crippen LogP contribution < -0.4 is 16.4 Å². The van der Waals surface area contributed by atoms with E-state index in [0.29, 0.717) is 10.6 Å². The van der Waals surface area contributed by atoms with E-state index in [2.05, 4.69) is 15.7 Å². The fraction of sp³-hybridized carbons (Fsp3) is 0.526. The molecule has 1 aliphatic carbocycles. The van der Waals surface area contributed by atoms with Crippen LogP contribution in [0, 0.1) is 0 Å². The molecule has 0 saturated heterocycles. The first-order valence-corrected chi connectivity index (χ1v) is 10.5. The normalized spacial score (nSPS) is 14.1. The molecule has 0 unspecified atom stereocenters. The smallest absolute Gasteiger partial charge is 0.365 e. The van der Waals surface area contributed by atoms with E-state index in [9.17, 15) is 22.8 Å². The summed E-state index contributed by atoms with van der Waals surface area (Å²) in [6, 6.07) is -0.00480. The standard InChI is InChI=1S/C19H24F3N5O2S/c1-10(2)24-7-11-8-27(26-16(11)19(20,21)22)9-14(28)25-18-15(17(23)29)12-5-3-4-6-13(12)30-18/h8,10,24H,3-7,9H2,1-2H3,(H2,23,29)(H,25,28). The minimum absolute atomic E-state index is 0.00480. The van der Waals surface area contributed by atoms with Crippen molar-refractivity contribution in [1.29, 1.82) is 0 Å². The number of hydrogen-bond acceptors (Lipinski definition) is 5. The van der Waals surface area contributed by atoms with Gasteiger partial charge in [-0.3, -0.25) is 14.3 Å². The van der Waals surface area contributed by atoms with Gasteiger partial charge in [0.05, 0.1) is 5.56 Å². The van der Waals surface area contributed by atoms with E-state index < -0.39 is 30.2 Å². The molecule has 0 aromatic carbocycles. The van der Waals surface area contributed by atoms with E-state index in [1.54, 1.807) is 0 Å². The fourth-order valence-corrected chi connectivity index (χ4v) is 4.76. The number of fused-ring (bicyclic) bond motifs is 1. The number of nitrogens with one attached hydrogen (secondary N) is 2. The molecule has 4 N–H and O–H groups in total. The van der Waals surface area contributed by atoms with Gasteiger partial charge in [0.2, 0.25) is 5.91 Å². The number of carbonyl (C=O) groups is 2. The van der Waals surface area contributed by atoms with Crippen molar-refractivity contribution in [3.05, 3.63) is 33.5 Å². The van der Waals surface area contributed by atoms with Gasteiger partial charge < -0.3 is 16.4 Å². The molecule has 11 heteroatoms. The Hall–Kier alpha value is -2.40. The zero-order valence-corrected chi connectivity index (χ0v) is 17.5. The Kier molecular flexibility index (Phi) is 6.51. The number of amides is 2. The Balaban J connectivity index is 1.78. The lowest BCUT2D eigenvalue weighted by molar-refractivity contribution is -0.142. The van der Waals surface area contributed by atoms with Crippen LogP contribution in [0.2, 0.25) is 0 Å². The molecule has 0 saturated carbocycles. The first-order chi connectivity index (χ1) is 14.1. The van der Waals surface area contributed by atoms with Gasteiger partial charge in [-0.1, -0.05) is 13.8 Å². The summed E-state index contributed by atoms with van der Waals surface area (Å²) in [6.45, 7) is 3.22. The molecule has 0 radical (unpaired) electrons. The number of aryl methyl sites for hydroxylation is 1. The monoisotopic (exact) mass is 443 g/mol. The molecule has 3 rings (SSSR count). The minimum Gasteiger partial charge on any atom is -0.365 e. The zero-order valence-electron chi connectivity index (χ0n) is 16.7. The lowest BCUT2D eigenvalue weighted by Crippen LogP contribution is -2.23. The van der Waals surface area contributed by atoms with E-state index in [4.69, 9.17) is 5.73 Å². The van der Waals surface area contributed by atoms with Crippen LogP contribution in [0.15, 0.2) is 6.20 Å². The summed E-state index contributed by atoms with van der Waals surface area (Å²) < 4.78 is 40.8. The van der Waals surface area contributed by atoms with E-state index in [-0.39, 0.29) is 18.2 Å². The molecule has 0 aliphatic heterocycles. The highest BCUT2D eigenvalue weighted by Crippen LogP contribution is 2.38. The maximum absolute atomic E-state index is 13.3. The van der Waals surface area contributed by atoms with Gasteiger partial charge in [0.25, 0.3) is 5.91 Å². The lowest BCUT2D eigenvalue weighted by Gasteiger charge is -2.11. The molecule has 2 heterocycles. The molecule has 0 atom stereocenters. The van der Waals surface area contributed by atoms with Gasteiger partial charge >= 0.3 is 6.18 Å². The summed E-state index contributed by atoms with van der Waals surface area (Å²) in [5.41, 5.74) is 5.63. The maximum atomic E-state index is 13.3. The van der Waals surface area contributed by atoms with Crippen molar-refractivity contribution in [2.45, 2.75) is 64.8 Å². The average Bonchev–Trinajstić information content (AvgIpc) is 3.20. The highest BCUT2D eigenvalue weighted by atomic mass is 32.1. The number of anilines is 1. The third-order valence-corrected chi connectivity index (χ3v) is 5.99. The van der Waals surface area contributed by atoms with E-state index in [0.717, 1.165) is 40.8 Å². The third kappa shape index (κ3) is 5.01. The summed E-state index contributed by atoms with van der Waals surface area (Å²) in [5.74, 6) is -1.19. The number of alkyl halides is 3. The SMILES string of the molecule is CC(C)NCc1cn(CC(=O)Nc2sc3c(c2C(N)=O)CCCC3)nc1C(F)(F)F. The summed E-state index contributed by atoms with van der Waals surface area (Å²) in [4.78, 5) is 25.4. The Bertz CT molecular complexity index is 949. The number of aromatic nitrogens is 2. The first kappa shape index (κ1) is 22.3. The van der Waals surface area contributed by atoms with Crippen molar-refractivity contribution >= 4 is 28.2 Å². The van der Waals surface area contributed by atoms with Crippen molar-refractivity contribution in [2.75, 3.05) is 5.32 Å². The van der Waals surface area contributed by atoms with Crippen LogP contribution in [0.5, 0.6) is 0 Å². The van der Waals surface area contributed by atoms with Gasteiger partial charge in [0, 0.05) is 29.2 Å². The molecular weight excluding hydrogens is 419 g/mol. The second-order valence-corrected chi connectivity index (χ2v) is 8.67. The van der Waals surface area contributed by atoms with Crippen LogP contribution in [-0.2, 0) is 36.9 Å². The summed E-state index contributed by atoms with van der Waals surface area (Å²) >= 11 is 1.30. The molecule has 164 valence electrons. The Morgan fingerprint density at radius 3 is 2.63 bits per heavy atom. The number of nitrogens with zero attached hydrogens (tertiary/aromatic N) is 2. The third-order valence-electron chi connectivity index (χ3n) is 4.78. The molecular formula is C19H24F3N5O2S. The van der Waals surface area contributed by atoms with Crippen LogP contribution in [0.25, 0.3) is 0 Å². The molecule has 2 amide bonds. The van der Waals surface area contributed by atoms with Gasteiger partial charge in [-0.25, -0.2) is 0 Å². The van der Waals surface area contributed by atoms with Crippen LogP contribution in [0.1, 0.15) is 58.7 Å². The zero-order chi connectivity index (χ0) is 22.1. The van der Waals surface area contributed by atoms with E-state index >= 15 is 0 Å². The van der Waals surface area contributed by atoms with Crippen LogP contribution in [0.3, 0.4) is 0 Å². The summed E-state index contributed by atoms with van der Waals surface area (Å²) in [7, 11) is 0. The van der Waals surface area contributed by atoms with Crippen LogP contribution in [-0.4, -0.2) is 27.6 Å². The number of nitrogens with two attached hydrogens (primary N) is 1. The number of thiophene rings is 1. The van der Waals surface area contributed by atoms with Crippen molar-refractivity contribution in [1.82, 2.24) is 15.1 Å². The van der Waals surface area contributed by atoms with Gasteiger partial charge in [-0.05, 0) is 31.2 Å². The van der Waals surface area contributed by atoms with Crippen molar-refractivity contribution in [3.63, 3.8) is 0 Å². The molecule has 0 fully saturated rings. The van der Waals surface area contributed by atoms with Gasteiger partial charge in [-0.15, -0.1) is 11.3 Å². The Labute approximate surface area is 175 Å². The Morgan fingerprint density at radius 2 is 2.00 bits per heavy atom. The van der Waals surface area contributed by atoms with Gasteiger partial charge in [-0.2, -0.15) is 18.3 Å². The van der Waals surface area contributed by atoms with E-state index in [1.165, 1.54) is 17.5 Å². The van der Waals surface area contributed by atoms with Gasteiger partial charge in [0.15, 0.2) is 5.69 Å². The predicted molar refractivity (Wildman–Crippen MR) is 107 cm³/mol. The Morgan fingerprint density at radius 1 is 1.30 bits per heavy atom. The van der Waals surface area contributed by atoms with Crippen molar-refractivity contribution in [3.8, 4) is 0 Å². The summed E-state index contributed by atoms with van der Waals surface area (Å²) in [6.07, 6.45) is 0.0720. The van der Waals surface area contributed by atoms with Crippen molar-refractivity contribution < 1.29 is 22.8 Å². The average molecular weight is 443 g/mol. The highest BCUT2D eigenvalue weighted by molar-refractivity contribution is 7.17. The van der Waals surface area contributed by atoms with Crippen LogP contribution >= 0.6 is 11.3 Å². The first-order valence-electron chi connectivity index (χ1n) is 9.67. The van der Waals surface area contributed by atoms with Crippen LogP contribution in [0.4, 0.5) is 18.2 Å². The van der Waals surface area contributed by atoms with E-state index in [1.807, 2.05) is 13.8 Å². The second kappa shape index (κ2) is 8.76. The molecule has 1 aliphatic rings. The number of primary amides is 1.